The van der Waals surface area contributed by atoms with Gasteiger partial charge in [-0.3, -0.25) is 14.7 Å². The normalized spacial score (nSPS) is 21.2. The molecule has 2 N–H and O–H groups in total. The molecule has 1 unspecified atom stereocenters. The van der Waals surface area contributed by atoms with Crippen molar-refractivity contribution in [2.45, 2.75) is 38.3 Å². The van der Waals surface area contributed by atoms with Gasteiger partial charge in [0, 0.05) is 43.4 Å². The van der Waals surface area contributed by atoms with Crippen molar-refractivity contribution < 1.29 is 14.3 Å². The molecule has 2 aliphatic heterocycles. The van der Waals surface area contributed by atoms with E-state index in [1.54, 1.807) is 4.90 Å². The van der Waals surface area contributed by atoms with Crippen molar-refractivity contribution >= 4 is 11.9 Å². The first-order valence-corrected chi connectivity index (χ1v) is 7.35. The van der Waals surface area contributed by atoms with Gasteiger partial charge >= 0.3 is 5.97 Å². The summed E-state index contributed by atoms with van der Waals surface area (Å²) in [5.74, 6) is -0.354. The minimum Gasteiger partial charge on any atom is -0.469 e. The van der Waals surface area contributed by atoms with Crippen LogP contribution in [-0.2, 0) is 22.5 Å². The number of hydrogen-bond donors (Lipinski definition) is 2. The summed E-state index contributed by atoms with van der Waals surface area (Å²) >= 11 is 0. The smallest absolute Gasteiger partial charge is 0.307 e. The van der Waals surface area contributed by atoms with Gasteiger partial charge in [0.05, 0.1) is 13.5 Å². The summed E-state index contributed by atoms with van der Waals surface area (Å²) in [4.78, 5) is 26.0. The van der Waals surface area contributed by atoms with Gasteiger partial charge in [-0.1, -0.05) is 0 Å². The molecule has 1 aromatic rings. The molecule has 0 aromatic carbocycles. The second-order valence-electron chi connectivity index (χ2n) is 5.53. The molecule has 1 fully saturated rings. The van der Waals surface area contributed by atoms with Crippen molar-refractivity contribution in [3.63, 3.8) is 0 Å². The Bertz CT molecular complexity index is 554. The van der Waals surface area contributed by atoms with Crippen molar-refractivity contribution in [2.75, 3.05) is 20.2 Å². The molecule has 7 heteroatoms. The van der Waals surface area contributed by atoms with E-state index in [-0.39, 0.29) is 24.3 Å². The number of hydrogen-bond acceptors (Lipinski definition) is 5. The van der Waals surface area contributed by atoms with Gasteiger partial charge in [0.2, 0.25) is 0 Å². The Balaban J connectivity index is 1.78. The van der Waals surface area contributed by atoms with Gasteiger partial charge < -0.3 is 15.0 Å². The molecule has 0 radical (unpaired) electrons. The van der Waals surface area contributed by atoms with E-state index in [0.717, 1.165) is 37.1 Å². The number of likely N-dealkylation sites (tertiary alicyclic amines) is 1. The van der Waals surface area contributed by atoms with Crippen molar-refractivity contribution in [1.82, 2.24) is 20.4 Å². The third-order valence-electron chi connectivity index (χ3n) is 4.28. The number of nitrogens with zero attached hydrogens (tertiary/aromatic N) is 2. The lowest BCUT2D eigenvalue weighted by molar-refractivity contribution is -0.141. The van der Waals surface area contributed by atoms with E-state index in [0.29, 0.717) is 18.8 Å². The molecule has 0 aliphatic carbocycles. The fourth-order valence-corrected chi connectivity index (χ4v) is 3.13. The van der Waals surface area contributed by atoms with Crippen LogP contribution in [0.1, 0.15) is 41.0 Å². The molecule has 0 saturated carbocycles. The predicted molar refractivity (Wildman–Crippen MR) is 74.7 cm³/mol. The first-order chi connectivity index (χ1) is 10.2. The summed E-state index contributed by atoms with van der Waals surface area (Å²) in [6.07, 6.45) is 2.87. The van der Waals surface area contributed by atoms with Gasteiger partial charge in [-0.15, -0.1) is 0 Å². The number of methoxy groups -OCH3 is 1. The third-order valence-corrected chi connectivity index (χ3v) is 4.28. The molecule has 2 aliphatic rings. The summed E-state index contributed by atoms with van der Waals surface area (Å²) in [5, 5.41) is 10.4. The maximum absolute atomic E-state index is 12.7. The van der Waals surface area contributed by atoms with E-state index in [4.69, 9.17) is 4.74 Å². The van der Waals surface area contributed by atoms with Crippen molar-refractivity contribution in [3.8, 4) is 0 Å². The number of ether oxygens (including phenoxy) is 1. The monoisotopic (exact) mass is 292 g/mol. The predicted octanol–water partition coefficient (Wildman–Crippen LogP) is 0.223. The molecule has 114 valence electrons. The number of nitrogens with one attached hydrogen (secondary N) is 2. The molecule has 7 nitrogen and oxygen atoms in total. The number of aromatic amines is 1. The van der Waals surface area contributed by atoms with Gasteiger partial charge in [0.25, 0.3) is 5.91 Å². The quantitative estimate of drug-likeness (QED) is 0.778. The number of rotatable bonds is 3. The van der Waals surface area contributed by atoms with Gasteiger partial charge in [-0.25, -0.2) is 0 Å². The summed E-state index contributed by atoms with van der Waals surface area (Å²) in [5.41, 5.74) is 2.50. The minimum atomic E-state index is -0.273. The van der Waals surface area contributed by atoms with E-state index in [1.165, 1.54) is 7.11 Å². The van der Waals surface area contributed by atoms with Gasteiger partial charge in [0.1, 0.15) is 0 Å². The number of carbonyl (C=O) groups is 2. The van der Waals surface area contributed by atoms with E-state index < -0.39 is 0 Å². The van der Waals surface area contributed by atoms with Crippen LogP contribution in [0.5, 0.6) is 0 Å². The topological polar surface area (TPSA) is 87.3 Å². The fourth-order valence-electron chi connectivity index (χ4n) is 3.13. The largest absolute Gasteiger partial charge is 0.469 e. The first kappa shape index (κ1) is 14.1. The molecule has 0 spiro atoms. The Morgan fingerprint density at radius 2 is 2.33 bits per heavy atom. The molecule has 21 heavy (non-hydrogen) atoms. The van der Waals surface area contributed by atoms with Crippen molar-refractivity contribution in [1.29, 1.82) is 0 Å². The zero-order chi connectivity index (χ0) is 14.8. The van der Waals surface area contributed by atoms with E-state index in [9.17, 15) is 9.59 Å². The average molecular weight is 292 g/mol. The average Bonchev–Trinajstić information content (AvgIpc) is 3.13. The van der Waals surface area contributed by atoms with Crippen LogP contribution in [0.25, 0.3) is 0 Å². The first-order valence-electron chi connectivity index (χ1n) is 7.35. The van der Waals surface area contributed by atoms with Gasteiger partial charge in [0.15, 0.2) is 5.69 Å². The second-order valence-corrected chi connectivity index (χ2v) is 5.53. The second kappa shape index (κ2) is 5.85. The molecule has 1 aromatic heterocycles. The van der Waals surface area contributed by atoms with Crippen LogP contribution < -0.4 is 5.32 Å². The number of amides is 1. The Kier molecular flexibility index (Phi) is 3.92. The molecule has 1 atom stereocenters. The van der Waals surface area contributed by atoms with Crippen LogP contribution in [0.4, 0.5) is 0 Å². The fraction of sp³-hybridized carbons (Fsp3) is 0.643. The molecular weight excluding hydrogens is 272 g/mol. The van der Waals surface area contributed by atoms with Gasteiger partial charge in [-0.2, -0.15) is 5.10 Å². The van der Waals surface area contributed by atoms with Crippen molar-refractivity contribution in [3.05, 3.63) is 17.0 Å². The number of carbonyl (C=O) groups excluding carboxylic acids is 2. The number of H-pyrrole nitrogens is 1. The van der Waals surface area contributed by atoms with Crippen LogP contribution in [0, 0.1) is 0 Å². The number of aromatic nitrogens is 2. The highest BCUT2D eigenvalue weighted by Crippen LogP contribution is 2.25. The maximum Gasteiger partial charge on any atom is 0.307 e. The molecule has 0 bridgehead atoms. The maximum atomic E-state index is 12.7. The lowest BCUT2D eigenvalue weighted by atomic mass is 10.1. The van der Waals surface area contributed by atoms with E-state index in [1.807, 2.05) is 0 Å². The highest BCUT2D eigenvalue weighted by molar-refractivity contribution is 5.94. The summed E-state index contributed by atoms with van der Waals surface area (Å²) < 4.78 is 4.71. The molecular formula is C14H20N4O3. The minimum absolute atomic E-state index is 0.0751. The molecule has 3 heterocycles. The Morgan fingerprint density at radius 1 is 1.48 bits per heavy atom. The molecule has 1 saturated heterocycles. The zero-order valence-corrected chi connectivity index (χ0v) is 12.1. The molecule has 1 amide bonds. The standard InChI is InChI=1S/C14H20N4O3/c1-21-12(19)7-9-3-2-6-18(9)14(20)13-10-8-15-5-4-11(10)16-17-13/h9,15H,2-8H2,1H3,(H,16,17). The summed E-state index contributed by atoms with van der Waals surface area (Å²) in [6.45, 7) is 2.25. The lowest BCUT2D eigenvalue weighted by Gasteiger charge is -2.24. The van der Waals surface area contributed by atoms with Crippen molar-refractivity contribution in [2.24, 2.45) is 0 Å². The van der Waals surface area contributed by atoms with E-state index >= 15 is 0 Å². The third kappa shape index (κ3) is 2.65. The zero-order valence-electron chi connectivity index (χ0n) is 12.1. The van der Waals surface area contributed by atoms with Crippen LogP contribution in [0.3, 0.4) is 0 Å². The SMILES string of the molecule is COC(=O)CC1CCCN1C(=O)c1n[nH]c2c1CNCC2. The number of fused-ring (bicyclic) bond motifs is 1. The Labute approximate surface area is 123 Å². The van der Waals surface area contributed by atoms with Crippen LogP contribution in [-0.4, -0.2) is 53.2 Å². The summed E-state index contributed by atoms with van der Waals surface area (Å²) in [6, 6.07) is -0.0751. The highest BCUT2D eigenvalue weighted by atomic mass is 16.5. The van der Waals surface area contributed by atoms with Crippen LogP contribution >= 0.6 is 0 Å². The lowest BCUT2D eigenvalue weighted by Crippen LogP contribution is -2.38. The molecule has 3 rings (SSSR count). The number of esters is 1. The van der Waals surface area contributed by atoms with E-state index in [2.05, 4.69) is 15.5 Å². The Hall–Kier alpha value is -1.89. The summed E-state index contributed by atoms with van der Waals surface area (Å²) in [7, 11) is 1.37. The highest BCUT2D eigenvalue weighted by Gasteiger charge is 2.34. The van der Waals surface area contributed by atoms with Crippen LogP contribution in [0.15, 0.2) is 0 Å². The van der Waals surface area contributed by atoms with Gasteiger partial charge in [-0.05, 0) is 12.8 Å². The van der Waals surface area contributed by atoms with Crippen LogP contribution in [0.2, 0.25) is 0 Å². The Morgan fingerprint density at radius 3 is 3.14 bits per heavy atom.